The van der Waals surface area contributed by atoms with E-state index in [2.05, 4.69) is 40.6 Å². The van der Waals surface area contributed by atoms with Gasteiger partial charge in [0.25, 0.3) is 0 Å². The van der Waals surface area contributed by atoms with Crippen LogP contribution in [0.2, 0.25) is 5.02 Å². The zero-order valence-electron chi connectivity index (χ0n) is 16.7. The van der Waals surface area contributed by atoms with Crippen LogP contribution >= 0.6 is 11.6 Å². The highest BCUT2D eigenvalue weighted by Gasteiger charge is 2.39. The Morgan fingerprint density at radius 2 is 1.97 bits per heavy atom. The second-order valence-electron chi connectivity index (χ2n) is 8.41. The van der Waals surface area contributed by atoms with Gasteiger partial charge in [0.2, 0.25) is 0 Å². The van der Waals surface area contributed by atoms with Crippen molar-refractivity contribution in [3.05, 3.63) is 41.8 Å². The average Bonchev–Trinajstić information content (AvgIpc) is 3.11. The number of carbonyl (C=O) groups is 1. The van der Waals surface area contributed by atoms with Crippen LogP contribution < -0.4 is 4.90 Å². The summed E-state index contributed by atoms with van der Waals surface area (Å²) >= 11 is 6.45. The monoisotopic (exact) mass is 413 g/mol. The molecule has 1 fully saturated rings. The first-order valence-electron chi connectivity index (χ1n) is 9.59. The maximum atomic E-state index is 11.8. The number of H-pyrrole nitrogens is 1. The summed E-state index contributed by atoms with van der Waals surface area (Å²) in [6.07, 6.45) is 2.56. The van der Waals surface area contributed by atoms with Gasteiger partial charge in [0.1, 0.15) is 17.8 Å². The molecule has 7 nitrogen and oxygen atoms in total. The molecule has 2 aromatic heterocycles. The zero-order chi connectivity index (χ0) is 20.8. The largest absolute Gasteiger partial charge is 0.465 e. The number of piperazine rings is 1. The number of rotatable bonds is 2. The Balaban J connectivity index is 1.80. The predicted molar refractivity (Wildman–Crippen MR) is 115 cm³/mol. The molecule has 8 heteroatoms. The Morgan fingerprint density at radius 3 is 2.66 bits per heavy atom. The molecular weight excluding hydrogens is 390 g/mol. The molecule has 0 saturated carbocycles. The minimum Gasteiger partial charge on any atom is -0.465 e. The van der Waals surface area contributed by atoms with E-state index in [1.54, 1.807) is 11.2 Å². The van der Waals surface area contributed by atoms with Crippen molar-refractivity contribution in [1.29, 1.82) is 0 Å². The van der Waals surface area contributed by atoms with E-state index in [0.29, 0.717) is 24.7 Å². The molecule has 1 atom stereocenters. The van der Waals surface area contributed by atoms with Crippen LogP contribution in [-0.4, -0.2) is 56.7 Å². The molecule has 3 aromatic rings. The van der Waals surface area contributed by atoms with Crippen LogP contribution in [0.3, 0.4) is 0 Å². The molecular formula is C21H24ClN5O2. The zero-order valence-corrected chi connectivity index (χ0v) is 17.4. The number of hydrogen-bond acceptors (Lipinski definition) is 4. The first kappa shape index (κ1) is 19.5. The summed E-state index contributed by atoms with van der Waals surface area (Å²) in [6.45, 7) is 7.76. The Labute approximate surface area is 174 Å². The molecule has 1 saturated heterocycles. The lowest BCUT2D eigenvalue weighted by atomic mass is 9.84. The summed E-state index contributed by atoms with van der Waals surface area (Å²) in [7, 11) is 0. The number of aromatic amines is 1. The van der Waals surface area contributed by atoms with E-state index in [4.69, 9.17) is 11.6 Å². The van der Waals surface area contributed by atoms with Gasteiger partial charge in [-0.25, -0.2) is 14.8 Å². The molecule has 0 bridgehead atoms. The molecule has 1 aliphatic heterocycles. The van der Waals surface area contributed by atoms with Gasteiger partial charge in [0.05, 0.1) is 11.4 Å². The smallest absolute Gasteiger partial charge is 0.407 e. The summed E-state index contributed by atoms with van der Waals surface area (Å²) in [5, 5.41) is 11.2. The number of nitrogens with one attached hydrogen (secondary N) is 1. The van der Waals surface area contributed by atoms with Crippen LogP contribution in [0.1, 0.15) is 20.8 Å². The quantitative estimate of drug-likeness (QED) is 0.646. The molecule has 152 valence electrons. The molecule has 1 amide bonds. The molecule has 29 heavy (non-hydrogen) atoms. The van der Waals surface area contributed by atoms with Gasteiger partial charge in [-0.05, 0) is 11.5 Å². The van der Waals surface area contributed by atoms with Gasteiger partial charge in [-0.2, -0.15) is 0 Å². The SMILES string of the molecule is CC(C)(C)C1CN(c2ncnc3[nH]cc(-c4ccccc4Cl)c23)CCN1C(=O)O. The molecule has 4 rings (SSSR count). The standard InChI is InChI=1S/C21H24ClN5O2/c1-21(2,3)16-11-26(8-9-27(16)20(28)29)19-17-14(10-23-18(17)24-12-25-19)13-6-4-5-7-15(13)22/h4-7,10,12,16H,8-9,11H2,1-3H3,(H,28,29)(H,23,24,25). The number of anilines is 1. The van der Waals surface area contributed by atoms with E-state index >= 15 is 0 Å². The van der Waals surface area contributed by atoms with Crippen molar-refractivity contribution in [1.82, 2.24) is 19.9 Å². The van der Waals surface area contributed by atoms with Crippen LogP contribution in [0.4, 0.5) is 10.6 Å². The molecule has 0 radical (unpaired) electrons. The predicted octanol–water partition coefficient (Wildman–Crippen LogP) is 4.49. The minimum atomic E-state index is -0.879. The van der Waals surface area contributed by atoms with Gasteiger partial charge >= 0.3 is 6.09 Å². The lowest BCUT2D eigenvalue weighted by Crippen LogP contribution is -2.59. The molecule has 2 N–H and O–H groups in total. The highest BCUT2D eigenvalue weighted by Crippen LogP contribution is 2.38. The number of halogens is 1. The van der Waals surface area contributed by atoms with Crippen LogP contribution in [0.5, 0.6) is 0 Å². The van der Waals surface area contributed by atoms with Gasteiger partial charge < -0.3 is 19.9 Å². The molecule has 1 aromatic carbocycles. The second kappa shape index (κ2) is 7.22. The van der Waals surface area contributed by atoms with Crippen molar-refractivity contribution >= 4 is 34.5 Å². The van der Waals surface area contributed by atoms with Gasteiger partial charge in [-0.1, -0.05) is 50.6 Å². The number of fused-ring (bicyclic) bond motifs is 1. The summed E-state index contributed by atoms with van der Waals surface area (Å²) in [6, 6.07) is 7.53. The van der Waals surface area contributed by atoms with Gasteiger partial charge in [0, 0.05) is 42.0 Å². The minimum absolute atomic E-state index is 0.151. The van der Waals surface area contributed by atoms with Gasteiger partial charge in [0.15, 0.2) is 0 Å². The Morgan fingerprint density at radius 1 is 1.21 bits per heavy atom. The van der Waals surface area contributed by atoms with Crippen molar-refractivity contribution in [2.75, 3.05) is 24.5 Å². The fraction of sp³-hybridized carbons (Fsp3) is 0.381. The fourth-order valence-corrected chi connectivity index (χ4v) is 4.26. The first-order valence-corrected chi connectivity index (χ1v) is 9.96. The summed E-state index contributed by atoms with van der Waals surface area (Å²) in [4.78, 5) is 27.7. The highest BCUT2D eigenvalue weighted by atomic mass is 35.5. The first-order chi connectivity index (χ1) is 13.8. The number of amides is 1. The fourth-order valence-electron chi connectivity index (χ4n) is 4.02. The van der Waals surface area contributed by atoms with Crippen LogP contribution in [-0.2, 0) is 0 Å². The van der Waals surface area contributed by atoms with Crippen molar-refractivity contribution < 1.29 is 9.90 Å². The van der Waals surface area contributed by atoms with Crippen LogP contribution in [0.25, 0.3) is 22.2 Å². The van der Waals surface area contributed by atoms with Gasteiger partial charge in [-0.15, -0.1) is 0 Å². The summed E-state index contributed by atoms with van der Waals surface area (Å²) in [5.74, 6) is 0.797. The van der Waals surface area contributed by atoms with E-state index < -0.39 is 6.09 Å². The lowest BCUT2D eigenvalue weighted by Gasteiger charge is -2.46. The second-order valence-corrected chi connectivity index (χ2v) is 8.81. The molecule has 1 aliphatic rings. The summed E-state index contributed by atoms with van der Waals surface area (Å²) in [5.41, 5.74) is 2.38. The molecule has 3 heterocycles. The third-order valence-corrected chi connectivity index (χ3v) is 5.87. The summed E-state index contributed by atoms with van der Waals surface area (Å²) < 4.78 is 0. The van der Waals surface area contributed by atoms with E-state index in [0.717, 1.165) is 28.0 Å². The van der Waals surface area contributed by atoms with E-state index in [1.807, 2.05) is 30.5 Å². The third-order valence-electron chi connectivity index (χ3n) is 5.54. The van der Waals surface area contributed by atoms with Crippen molar-refractivity contribution in [2.45, 2.75) is 26.8 Å². The number of benzene rings is 1. The highest BCUT2D eigenvalue weighted by molar-refractivity contribution is 6.33. The van der Waals surface area contributed by atoms with E-state index in [1.165, 1.54) is 0 Å². The molecule has 0 spiro atoms. The van der Waals surface area contributed by atoms with Crippen molar-refractivity contribution in [3.63, 3.8) is 0 Å². The number of nitrogens with zero attached hydrogens (tertiary/aromatic N) is 4. The normalized spacial score (nSPS) is 17.7. The lowest BCUT2D eigenvalue weighted by molar-refractivity contribution is 0.0747. The Hall–Kier alpha value is -2.80. The van der Waals surface area contributed by atoms with E-state index in [9.17, 15) is 9.90 Å². The van der Waals surface area contributed by atoms with Crippen LogP contribution in [0.15, 0.2) is 36.8 Å². The van der Waals surface area contributed by atoms with Gasteiger partial charge in [-0.3, -0.25) is 0 Å². The number of hydrogen-bond donors (Lipinski definition) is 2. The van der Waals surface area contributed by atoms with Crippen molar-refractivity contribution in [2.24, 2.45) is 5.41 Å². The average molecular weight is 414 g/mol. The maximum absolute atomic E-state index is 11.8. The molecule has 1 unspecified atom stereocenters. The van der Waals surface area contributed by atoms with Crippen LogP contribution in [0, 0.1) is 5.41 Å². The number of aromatic nitrogens is 3. The molecule has 0 aliphatic carbocycles. The Kier molecular flexibility index (Phi) is 4.86. The maximum Gasteiger partial charge on any atom is 0.407 e. The van der Waals surface area contributed by atoms with Crippen molar-refractivity contribution in [3.8, 4) is 11.1 Å². The topological polar surface area (TPSA) is 85.4 Å². The third kappa shape index (κ3) is 3.51. The number of carboxylic acid groups (broad SMARTS) is 1. The van der Waals surface area contributed by atoms with E-state index in [-0.39, 0.29) is 11.5 Å². The Bertz CT molecular complexity index is 1060.